The van der Waals surface area contributed by atoms with Crippen molar-refractivity contribution in [2.24, 2.45) is 5.92 Å². The number of piperidine rings is 1. The highest BCUT2D eigenvalue weighted by Gasteiger charge is 2.31. The van der Waals surface area contributed by atoms with E-state index < -0.39 is 0 Å². The van der Waals surface area contributed by atoms with E-state index in [1.165, 1.54) is 0 Å². The fourth-order valence-electron chi connectivity index (χ4n) is 4.02. The molecule has 1 saturated heterocycles. The van der Waals surface area contributed by atoms with Gasteiger partial charge in [-0.1, -0.05) is 18.2 Å². The number of rotatable bonds is 4. The van der Waals surface area contributed by atoms with Gasteiger partial charge in [0.2, 0.25) is 0 Å². The van der Waals surface area contributed by atoms with Crippen LogP contribution in [-0.2, 0) is 6.42 Å². The van der Waals surface area contributed by atoms with Crippen LogP contribution in [0.1, 0.15) is 49.5 Å². The van der Waals surface area contributed by atoms with Crippen molar-refractivity contribution in [1.82, 2.24) is 4.90 Å². The standard InChI is InChI=1S/C23H28N2O2/c1-23(2,3)25-13-5-6-18(15-25)22(26)17-7-9-19-16(14-17)8-10-21(27-4)20(19)11-12-24/h7-10,14,18H,5-6,11,13,15H2,1-4H3. The number of likely N-dealkylation sites (tertiary alicyclic amines) is 1. The van der Waals surface area contributed by atoms with Crippen molar-refractivity contribution >= 4 is 16.6 Å². The first-order valence-corrected chi connectivity index (χ1v) is 9.61. The van der Waals surface area contributed by atoms with Gasteiger partial charge in [-0.15, -0.1) is 0 Å². The van der Waals surface area contributed by atoms with Gasteiger partial charge in [0.05, 0.1) is 19.6 Å². The fraction of sp³-hybridized carbons (Fsp3) is 0.478. The molecule has 0 amide bonds. The Morgan fingerprint density at radius 3 is 2.74 bits per heavy atom. The Balaban J connectivity index is 1.91. The van der Waals surface area contributed by atoms with Crippen molar-refractivity contribution in [3.05, 3.63) is 41.5 Å². The zero-order chi connectivity index (χ0) is 19.6. The van der Waals surface area contributed by atoms with E-state index in [9.17, 15) is 4.79 Å². The number of methoxy groups -OCH3 is 1. The van der Waals surface area contributed by atoms with E-state index in [1.54, 1.807) is 7.11 Å². The van der Waals surface area contributed by atoms with Crippen LogP contribution in [-0.4, -0.2) is 36.4 Å². The van der Waals surface area contributed by atoms with Crippen LogP contribution in [0.5, 0.6) is 5.75 Å². The van der Waals surface area contributed by atoms with Crippen molar-refractivity contribution in [2.45, 2.75) is 45.6 Å². The van der Waals surface area contributed by atoms with E-state index in [-0.39, 0.29) is 23.7 Å². The summed E-state index contributed by atoms with van der Waals surface area (Å²) in [4.78, 5) is 15.6. The van der Waals surface area contributed by atoms with Crippen molar-refractivity contribution in [3.8, 4) is 11.8 Å². The summed E-state index contributed by atoms with van der Waals surface area (Å²) < 4.78 is 5.40. The second-order valence-electron chi connectivity index (χ2n) is 8.34. The van der Waals surface area contributed by atoms with Gasteiger partial charge >= 0.3 is 0 Å². The first-order chi connectivity index (χ1) is 12.8. The summed E-state index contributed by atoms with van der Waals surface area (Å²) in [7, 11) is 1.62. The zero-order valence-electron chi connectivity index (χ0n) is 16.7. The van der Waals surface area contributed by atoms with Crippen molar-refractivity contribution in [3.63, 3.8) is 0 Å². The summed E-state index contributed by atoms with van der Waals surface area (Å²) in [6.07, 6.45) is 2.30. The molecule has 0 radical (unpaired) electrons. The van der Waals surface area contributed by atoms with Gasteiger partial charge in [0.25, 0.3) is 0 Å². The highest BCUT2D eigenvalue weighted by atomic mass is 16.5. The summed E-state index contributed by atoms with van der Waals surface area (Å²) in [5.41, 5.74) is 1.73. The Kier molecular flexibility index (Phi) is 5.53. The molecule has 0 aromatic heterocycles. The van der Waals surface area contributed by atoms with Crippen molar-refractivity contribution in [2.75, 3.05) is 20.2 Å². The van der Waals surface area contributed by atoms with Gasteiger partial charge in [-0.05, 0) is 63.1 Å². The van der Waals surface area contributed by atoms with Crippen LogP contribution in [0.25, 0.3) is 10.8 Å². The molecule has 0 aliphatic carbocycles. The molecule has 1 aliphatic heterocycles. The highest BCUT2D eigenvalue weighted by Crippen LogP contribution is 2.31. The number of nitriles is 1. The number of nitrogens with zero attached hydrogens (tertiary/aromatic N) is 2. The molecule has 0 spiro atoms. The predicted octanol–water partition coefficient (Wildman–Crippen LogP) is 4.61. The van der Waals surface area contributed by atoms with E-state index in [2.05, 4.69) is 31.7 Å². The third kappa shape index (κ3) is 3.99. The van der Waals surface area contributed by atoms with Gasteiger partial charge in [-0.25, -0.2) is 0 Å². The van der Waals surface area contributed by atoms with E-state index >= 15 is 0 Å². The van der Waals surface area contributed by atoms with E-state index in [0.717, 1.165) is 53.6 Å². The van der Waals surface area contributed by atoms with Gasteiger partial charge in [0.1, 0.15) is 5.75 Å². The smallest absolute Gasteiger partial charge is 0.167 e. The number of carbonyl (C=O) groups is 1. The normalized spacial score (nSPS) is 18.3. The van der Waals surface area contributed by atoms with Crippen LogP contribution in [0.3, 0.4) is 0 Å². The van der Waals surface area contributed by atoms with Crippen molar-refractivity contribution in [1.29, 1.82) is 5.26 Å². The highest BCUT2D eigenvalue weighted by molar-refractivity contribution is 6.02. The fourth-order valence-corrected chi connectivity index (χ4v) is 4.02. The van der Waals surface area contributed by atoms with Crippen LogP contribution in [0.4, 0.5) is 0 Å². The van der Waals surface area contributed by atoms with Gasteiger partial charge in [-0.2, -0.15) is 5.26 Å². The molecule has 27 heavy (non-hydrogen) atoms. The lowest BCUT2D eigenvalue weighted by molar-refractivity contribution is 0.0617. The monoisotopic (exact) mass is 364 g/mol. The number of hydrogen-bond donors (Lipinski definition) is 0. The average Bonchev–Trinajstić information content (AvgIpc) is 2.67. The molecule has 0 bridgehead atoms. The molecule has 3 rings (SSSR count). The first kappa shape index (κ1) is 19.4. The van der Waals surface area contributed by atoms with E-state index in [4.69, 9.17) is 10.00 Å². The number of benzene rings is 2. The van der Waals surface area contributed by atoms with E-state index in [1.807, 2.05) is 30.3 Å². The summed E-state index contributed by atoms with van der Waals surface area (Å²) >= 11 is 0. The maximum Gasteiger partial charge on any atom is 0.167 e. The summed E-state index contributed by atoms with van der Waals surface area (Å²) in [5.74, 6) is 0.993. The lowest BCUT2D eigenvalue weighted by Gasteiger charge is -2.41. The Morgan fingerprint density at radius 1 is 1.30 bits per heavy atom. The predicted molar refractivity (Wildman–Crippen MR) is 108 cm³/mol. The van der Waals surface area contributed by atoms with Crippen LogP contribution in [0, 0.1) is 17.2 Å². The molecule has 1 aliphatic rings. The molecule has 142 valence electrons. The van der Waals surface area contributed by atoms with Crippen LogP contribution >= 0.6 is 0 Å². The molecule has 1 fully saturated rings. The first-order valence-electron chi connectivity index (χ1n) is 9.61. The molecule has 0 N–H and O–H groups in total. The minimum absolute atomic E-state index is 0.0484. The van der Waals surface area contributed by atoms with Gasteiger partial charge < -0.3 is 4.74 Å². The van der Waals surface area contributed by atoms with Gasteiger partial charge in [0, 0.05) is 29.1 Å². The lowest BCUT2D eigenvalue weighted by atomic mass is 9.87. The van der Waals surface area contributed by atoms with Crippen LogP contribution < -0.4 is 4.74 Å². The maximum atomic E-state index is 13.1. The minimum atomic E-state index is 0.0484. The molecule has 1 unspecified atom stereocenters. The largest absolute Gasteiger partial charge is 0.496 e. The summed E-state index contributed by atoms with van der Waals surface area (Å²) in [5, 5.41) is 11.1. The second kappa shape index (κ2) is 7.70. The Morgan fingerprint density at radius 2 is 2.07 bits per heavy atom. The molecule has 4 nitrogen and oxygen atoms in total. The number of Topliss-reactive ketones (excluding diaryl/α,β-unsaturated/α-hetero) is 1. The number of ketones is 1. The lowest BCUT2D eigenvalue weighted by Crippen LogP contribution is -2.48. The summed E-state index contributed by atoms with van der Waals surface area (Å²) in [6.45, 7) is 8.50. The van der Waals surface area contributed by atoms with Gasteiger partial charge in [-0.3, -0.25) is 9.69 Å². The second-order valence-corrected chi connectivity index (χ2v) is 8.34. The zero-order valence-corrected chi connectivity index (χ0v) is 16.7. The molecule has 1 atom stereocenters. The Labute approximate surface area is 161 Å². The van der Waals surface area contributed by atoms with Crippen LogP contribution in [0.2, 0.25) is 0 Å². The maximum absolute atomic E-state index is 13.1. The quantitative estimate of drug-likeness (QED) is 0.744. The van der Waals surface area contributed by atoms with Crippen molar-refractivity contribution < 1.29 is 9.53 Å². The third-order valence-corrected chi connectivity index (χ3v) is 5.59. The topological polar surface area (TPSA) is 53.3 Å². The van der Waals surface area contributed by atoms with Crippen LogP contribution in [0.15, 0.2) is 30.3 Å². The Hall–Kier alpha value is -2.38. The van der Waals surface area contributed by atoms with E-state index in [0.29, 0.717) is 0 Å². The molecule has 1 heterocycles. The molecular weight excluding hydrogens is 336 g/mol. The average molecular weight is 364 g/mol. The molecule has 2 aromatic rings. The number of fused-ring (bicyclic) bond motifs is 1. The SMILES string of the molecule is COc1ccc2cc(C(=O)C3CCCN(C(C)(C)C)C3)ccc2c1CC#N. The number of ether oxygens (including phenoxy) is 1. The molecule has 4 heteroatoms. The Bertz CT molecular complexity index is 890. The van der Waals surface area contributed by atoms with Gasteiger partial charge in [0.15, 0.2) is 5.78 Å². The number of hydrogen-bond acceptors (Lipinski definition) is 4. The molecule has 2 aromatic carbocycles. The summed E-state index contributed by atoms with van der Waals surface area (Å²) in [6, 6.07) is 11.9. The molecule has 0 saturated carbocycles. The number of carbonyl (C=O) groups excluding carboxylic acids is 1. The third-order valence-electron chi connectivity index (χ3n) is 5.59. The minimum Gasteiger partial charge on any atom is -0.496 e. The molecular formula is C23H28N2O2.